The van der Waals surface area contributed by atoms with E-state index in [0.717, 1.165) is 25.9 Å². The molecular formula is C27H37F3N6O4S. The summed E-state index contributed by atoms with van der Waals surface area (Å²) in [4.78, 5) is 6.55. The average Bonchev–Trinajstić information content (AvgIpc) is 3.39. The molecule has 0 amide bonds. The van der Waals surface area contributed by atoms with Crippen LogP contribution in [0.25, 0.3) is 0 Å². The first-order valence-electron chi connectivity index (χ1n) is 13.8. The van der Waals surface area contributed by atoms with Gasteiger partial charge in [-0.15, -0.1) is 0 Å². The summed E-state index contributed by atoms with van der Waals surface area (Å²) in [6.07, 6.45) is -1.53. The maximum Gasteiger partial charge on any atom is 0.414 e. The molecule has 4 aliphatic heterocycles. The van der Waals surface area contributed by atoms with Gasteiger partial charge in [-0.1, -0.05) is 13.8 Å². The van der Waals surface area contributed by atoms with Crippen molar-refractivity contribution in [1.82, 2.24) is 14.5 Å². The van der Waals surface area contributed by atoms with Gasteiger partial charge in [0.2, 0.25) is 10.0 Å². The summed E-state index contributed by atoms with van der Waals surface area (Å²) in [6.45, 7) is 6.99. The molecule has 0 radical (unpaired) electrons. The van der Waals surface area contributed by atoms with Crippen molar-refractivity contribution >= 4 is 21.5 Å². The summed E-state index contributed by atoms with van der Waals surface area (Å²) in [5, 5.41) is 6.04. The fraction of sp³-hybridized carbons (Fsp3) is 0.593. The summed E-state index contributed by atoms with van der Waals surface area (Å²) in [7, 11) is -2.34. The first-order chi connectivity index (χ1) is 19.3. The molecule has 0 bridgehead atoms. The highest BCUT2D eigenvalue weighted by Gasteiger charge is 2.49. The van der Waals surface area contributed by atoms with Crippen LogP contribution < -0.4 is 21.1 Å². The van der Waals surface area contributed by atoms with Crippen LogP contribution in [0, 0.1) is 5.92 Å². The van der Waals surface area contributed by atoms with Crippen molar-refractivity contribution in [3.63, 3.8) is 0 Å². The van der Waals surface area contributed by atoms with Crippen LogP contribution >= 0.6 is 0 Å². The summed E-state index contributed by atoms with van der Waals surface area (Å²) in [5.41, 5.74) is 4.76. The van der Waals surface area contributed by atoms with Crippen molar-refractivity contribution in [3.8, 4) is 5.75 Å². The van der Waals surface area contributed by atoms with Gasteiger partial charge in [0, 0.05) is 43.9 Å². The van der Waals surface area contributed by atoms with Crippen LogP contribution in [-0.2, 0) is 14.8 Å². The number of nitrogens with two attached hydrogens (primary N) is 1. The maximum absolute atomic E-state index is 13.7. The van der Waals surface area contributed by atoms with Gasteiger partial charge in [0.05, 0.1) is 48.6 Å². The van der Waals surface area contributed by atoms with Crippen LogP contribution in [0.2, 0.25) is 0 Å². The number of ether oxygens (including phenoxy) is 2. The molecule has 226 valence electrons. The lowest BCUT2D eigenvalue weighted by molar-refractivity contribution is -0.0927. The minimum absolute atomic E-state index is 0.0589. The number of piperidine rings is 1. The number of morpholine rings is 1. The highest BCUT2D eigenvalue weighted by molar-refractivity contribution is 7.89. The monoisotopic (exact) mass is 598 g/mol. The minimum Gasteiger partial charge on any atom is -0.495 e. The van der Waals surface area contributed by atoms with Crippen LogP contribution in [0.5, 0.6) is 5.75 Å². The van der Waals surface area contributed by atoms with Gasteiger partial charge < -0.3 is 25.8 Å². The molecule has 1 atom stereocenters. The number of nitrogens with one attached hydrogen (secondary N) is 2. The molecule has 0 aliphatic carbocycles. The van der Waals surface area contributed by atoms with Crippen molar-refractivity contribution in [2.45, 2.75) is 49.3 Å². The van der Waals surface area contributed by atoms with E-state index in [9.17, 15) is 21.6 Å². The third kappa shape index (κ3) is 5.72. The van der Waals surface area contributed by atoms with Crippen LogP contribution in [0.3, 0.4) is 0 Å². The van der Waals surface area contributed by atoms with Gasteiger partial charge in [0.25, 0.3) is 0 Å². The van der Waals surface area contributed by atoms with Gasteiger partial charge >= 0.3 is 6.18 Å². The zero-order chi connectivity index (χ0) is 29.6. The molecule has 0 spiro atoms. The van der Waals surface area contributed by atoms with E-state index in [1.54, 1.807) is 19.9 Å². The third-order valence-electron chi connectivity index (χ3n) is 8.37. The molecule has 1 aromatic carbocycles. The Morgan fingerprint density at radius 3 is 2.49 bits per heavy atom. The molecule has 4 heterocycles. The van der Waals surface area contributed by atoms with Gasteiger partial charge in [0.15, 0.2) is 0 Å². The molecule has 14 heteroatoms. The molecule has 0 saturated carbocycles. The Morgan fingerprint density at radius 2 is 1.88 bits per heavy atom. The predicted octanol–water partition coefficient (Wildman–Crippen LogP) is 2.66. The highest BCUT2D eigenvalue weighted by atomic mass is 32.2. The van der Waals surface area contributed by atoms with Crippen molar-refractivity contribution in [3.05, 3.63) is 41.2 Å². The largest absolute Gasteiger partial charge is 0.495 e. The van der Waals surface area contributed by atoms with Gasteiger partial charge in [0.1, 0.15) is 17.4 Å². The maximum atomic E-state index is 13.7. The first-order valence-corrected chi connectivity index (χ1v) is 15.2. The Bertz CT molecular complexity index is 1360. The zero-order valence-electron chi connectivity index (χ0n) is 23.4. The summed E-state index contributed by atoms with van der Waals surface area (Å²) in [5.74, 6) is 0.275. The minimum atomic E-state index is -4.55. The first kappa shape index (κ1) is 29.8. The second-order valence-corrected chi connectivity index (χ2v) is 13.0. The van der Waals surface area contributed by atoms with Crippen molar-refractivity contribution < 1.29 is 31.1 Å². The molecule has 1 unspecified atom stereocenters. The van der Waals surface area contributed by atoms with Crippen LogP contribution in [0.15, 0.2) is 51.1 Å². The Hall–Kier alpha value is -2.65. The number of fused-ring (bicyclic) bond motifs is 1. The quantitative estimate of drug-likeness (QED) is 0.438. The predicted molar refractivity (Wildman–Crippen MR) is 149 cm³/mol. The Kier molecular flexibility index (Phi) is 8.16. The van der Waals surface area contributed by atoms with E-state index >= 15 is 0 Å². The lowest BCUT2D eigenvalue weighted by Gasteiger charge is -2.39. The summed E-state index contributed by atoms with van der Waals surface area (Å²) in [6, 6.07) is 4.87. The number of aliphatic imine (C=N–C) groups is 1. The number of hydrogen-bond donors (Lipinski definition) is 3. The average molecular weight is 599 g/mol. The molecule has 10 nitrogen and oxygen atoms in total. The van der Waals surface area contributed by atoms with E-state index in [1.165, 1.54) is 29.6 Å². The van der Waals surface area contributed by atoms with E-state index in [0.29, 0.717) is 43.9 Å². The van der Waals surface area contributed by atoms with E-state index in [-0.39, 0.29) is 28.0 Å². The number of amidine groups is 1. The Labute approximate surface area is 238 Å². The molecule has 2 saturated heterocycles. The molecule has 5 rings (SSSR count). The Balaban J connectivity index is 1.35. The SMILES string of the molecule is COc1cc(S(=O)(=O)N2CCC(N3CCOCC3)CC2)ccc1NC1=CC(N)(C(C)C)C2=C(C(F)(F)F)CN=C2N1. The van der Waals surface area contributed by atoms with Crippen LogP contribution in [0.1, 0.15) is 26.7 Å². The number of anilines is 1. The molecule has 4 aliphatic rings. The topological polar surface area (TPSA) is 122 Å². The van der Waals surface area contributed by atoms with E-state index < -0.39 is 33.9 Å². The number of nitrogens with zero attached hydrogens (tertiary/aromatic N) is 3. The summed E-state index contributed by atoms with van der Waals surface area (Å²) >= 11 is 0. The van der Waals surface area contributed by atoms with E-state index in [2.05, 4.69) is 20.5 Å². The second-order valence-electron chi connectivity index (χ2n) is 11.1. The number of alkyl halides is 3. The van der Waals surface area contributed by atoms with E-state index in [1.807, 2.05) is 0 Å². The lowest BCUT2D eigenvalue weighted by Crippen LogP contribution is -2.54. The smallest absolute Gasteiger partial charge is 0.414 e. The molecule has 0 aromatic heterocycles. The second kappa shape index (κ2) is 11.2. The molecule has 4 N–H and O–H groups in total. The number of rotatable bonds is 7. The van der Waals surface area contributed by atoms with Gasteiger partial charge in [-0.05, 0) is 37.0 Å². The zero-order valence-corrected chi connectivity index (χ0v) is 24.2. The van der Waals surface area contributed by atoms with Crippen molar-refractivity contribution in [2.24, 2.45) is 16.6 Å². The van der Waals surface area contributed by atoms with Gasteiger partial charge in [-0.25, -0.2) is 8.42 Å². The highest BCUT2D eigenvalue weighted by Crippen LogP contribution is 2.41. The number of methoxy groups -OCH3 is 1. The fourth-order valence-electron chi connectivity index (χ4n) is 5.88. The van der Waals surface area contributed by atoms with E-state index in [4.69, 9.17) is 15.2 Å². The van der Waals surface area contributed by atoms with Crippen molar-refractivity contribution in [1.29, 1.82) is 0 Å². The summed E-state index contributed by atoms with van der Waals surface area (Å²) < 4.78 is 80.6. The van der Waals surface area contributed by atoms with Crippen molar-refractivity contribution in [2.75, 3.05) is 58.4 Å². The van der Waals surface area contributed by atoms with Crippen LogP contribution in [0.4, 0.5) is 18.9 Å². The molecule has 2 fully saturated rings. The lowest BCUT2D eigenvalue weighted by atomic mass is 9.76. The molecular weight excluding hydrogens is 561 g/mol. The number of benzene rings is 1. The molecule has 1 aromatic rings. The van der Waals surface area contributed by atoms with Gasteiger partial charge in [-0.3, -0.25) is 9.89 Å². The molecule has 41 heavy (non-hydrogen) atoms. The normalized spacial score (nSPS) is 25.1. The number of halogens is 3. The standard InChI is InChI=1S/C27H37F3N6O4S/c1-17(2)26(31)15-23(34-25-24(26)20(16-32-25)27(28,29)30)33-21-5-4-19(14-22(21)39-3)41(37,38)36-8-6-18(7-9-36)35-10-12-40-13-11-35/h4-5,14-15,17-18,33H,6-13,16,31H2,1-3H3,(H,32,34). The van der Waals surface area contributed by atoms with Crippen LogP contribution in [-0.4, -0.2) is 94.3 Å². The third-order valence-corrected chi connectivity index (χ3v) is 10.3. The Morgan fingerprint density at radius 1 is 1.20 bits per heavy atom. The number of sulfonamides is 1. The fourth-order valence-corrected chi connectivity index (χ4v) is 7.36. The number of hydrogen-bond acceptors (Lipinski definition) is 9. The van der Waals surface area contributed by atoms with Gasteiger partial charge in [-0.2, -0.15) is 17.5 Å².